The van der Waals surface area contributed by atoms with Crippen LogP contribution in [0.15, 0.2) is 58.5 Å². The smallest absolute Gasteiger partial charge is 0.252 e. The summed E-state index contributed by atoms with van der Waals surface area (Å²) in [6, 6.07) is 14.9. The molecule has 174 valence electrons. The minimum Gasteiger partial charge on any atom is -0.497 e. The van der Waals surface area contributed by atoms with Crippen LogP contribution < -0.4 is 15.6 Å². The average Bonchev–Trinajstić information content (AvgIpc) is 3.21. The summed E-state index contributed by atoms with van der Waals surface area (Å²) in [6.07, 6.45) is 0. The number of anilines is 1. The molecule has 0 fully saturated rings. The van der Waals surface area contributed by atoms with Crippen LogP contribution in [0.4, 0.5) is 5.69 Å². The number of aryl methyl sites for hydroxylation is 3. The molecular weight excluding hydrogens is 468 g/mol. The zero-order valence-electron chi connectivity index (χ0n) is 19.3. The molecule has 7 nitrogen and oxygen atoms in total. The van der Waals surface area contributed by atoms with Gasteiger partial charge in [-0.25, -0.2) is 9.97 Å². The molecule has 2 aromatic heterocycles. The fraction of sp³-hybridized carbons (Fsp3) is 0.200. The molecule has 0 spiro atoms. The van der Waals surface area contributed by atoms with Gasteiger partial charge in [-0.05, 0) is 68.3 Å². The fourth-order valence-corrected chi connectivity index (χ4v) is 4.97. The van der Waals surface area contributed by atoms with Crippen LogP contribution in [0.2, 0.25) is 0 Å². The molecule has 2 N–H and O–H groups in total. The number of H-pyrrole nitrogens is 1. The molecule has 1 amide bonds. The fourth-order valence-electron chi connectivity index (χ4n) is 3.26. The normalized spacial score (nSPS) is 10.8. The Morgan fingerprint density at radius 3 is 2.53 bits per heavy atom. The average molecular weight is 493 g/mol. The minimum absolute atomic E-state index is 0.123. The molecule has 0 radical (unpaired) electrons. The molecule has 0 unspecified atom stereocenters. The van der Waals surface area contributed by atoms with E-state index in [1.165, 1.54) is 34.7 Å². The number of aromatic nitrogens is 3. The maximum absolute atomic E-state index is 12.4. The summed E-state index contributed by atoms with van der Waals surface area (Å²) in [5.74, 6) is 0.728. The Balaban J connectivity index is 1.49. The molecule has 0 aliphatic rings. The second kappa shape index (κ2) is 10.2. The summed E-state index contributed by atoms with van der Waals surface area (Å²) in [6.45, 7) is 5.92. The van der Waals surface area contributed by atoms with E-state index in [-0.39, 0.29) is 17.2 Å². The summed E-state index contributed by atoms with van der Waals surface area (Å²) >= 11 is 2.65. The molecule has 2 aromatic carbocycles. The molecule has 2 heterocycles. The van der Waals surface area contributed by atoms with Crippen molar-refractivity contribution in [1.29, 1.82) is 0 Å². The molecule has 0 aliphatic carbocycles. The second-order valence-corrected chi connectivity index (χ2v) is 9.70. The van der Waals surface area contributed by atoms with Crippen LogP contribution in [-0.2, 0) is 4.79 Å². The number of hydrogen-bond acceptors (Lipinski definition) is 7. The van der Waals surface area contributed by atoms with E-state index in [1.54, 1.807) is 7.11 Å². The van der Waals surface area contributed by atoms with E-state index in [2.05, 4.69) is 20.3 Å². The van der Waals surface area contributed by atoms with Crippen LogP contribution in [0.1, 0.15) is 16.8 Å². The summed E-state index contributed by atoms with van der Waals surface area (Å²) < 4.78 is 5.22. The predicted molar refractivity (Wildman–Crippen MR) is 138 cm³/mol. The van der Waals surface area contributed by atoms with Gasteiger partial charge in [0, 0.05) is 17.3 Å². The maximum atomic E-state index is 12.4. The summed E-state index contributed by atoms with van der Waals surface area (Å²) in [5, 5.41) is 4.10. The first-order valence-corrected chi connectivity index (χ1v) is 12.4. The Kier molecular flexibility index (Phi) is 7.14. The predicted octanol–water partition coefficient (Wildman–Crippen LogP) is 5.23. The van der Waals surface area contributed by atoms with Crippen LogP contribution in [-0.4, -0.2) is 33.7 Å². The molecule has 9 heteroatoms. The quantitative estimate of drug-likeness (QED) is 0.271. The number of thioether (sulfide) groups is 1. The van der Waals surface area contributed by atoms with Crippen LogP contribution in [0.5, 0.6) is 5.75 Å². The number of methoxy groups -OCH3 is 1. The first-order chi connectivity index (χ1) is 16.3. The van der Waals surface area contributed by atoms with Gasteiger partial charge in [0.05, 0.1) is 29.1 Å². The Hall–Kier alpha value is -3.43. The number of rotatable bonds is 7. The monoisotopic (exact) mass is 492 g/mol. The third-order valence-corrected chi connectivity index (χ3v) is 7.32. The molecule has 0 saturated heterocycles. The number of thiazole rings is 1. The van der Waals surface area contributed by atoms with E-state index in [9.17, 15) is 9.59 Å². The summed E-state index contributed by atoms with van der Waals surface area (Å²) in [5.41, 5.74) is 5.03. The lowest BCUT2D eigenvalue weighted by atomic mass is 10.1. The molecule has 0 aliphatic heterocycles. The van der Waals surface area contributed by atoms with Crippen LogP contribution in [0.25, 0.3) is 21.1 Å². The Bertz CT molecular complexity index is 1390. The number of hydrogen-bond donors (Lipinski definition) is 2. The third kappa shape index (κ3) is 5.55. The second-order valence-electron chi connectivity index (χ2n) is 7.73. The van der Waals surface area contributed by atoms with Gasteiger partial charge in [-0.2, -0.15) is 0 Å². The number of carbonyl (C=O) groups excluding carboxylic acids is 1. The van der Waals surface area contributed by atoms with Gasteiger partial charge in [0.25, 0.3) is 5.56 Å². The lowest BCUT2D eigenvalue weighted by Crippen LogP contribution is -2.15. The zero-order chi connectivity index (χ0) is 24.2. The van der Waals surface area contributed by atoms with E-state index in [4.69, 9.17) is 4.74 Å². The number of carbonyl (C=O) groups is 1. The number of amides is 1. The van der Waals surface area contributed by atoms with Gasteiger partial charge in [-0.15, -0.1) is 11.3 Å². The molecular formula is C25H24N4O3S2. The van der Waals surface area contributed by atoms with Crippen LogP contribution in [0, 0.1) is 20.8 Å². The van der Waals surface area contributed by atoms with Gasteiger partial charge >= 0.3 is 0 Å². The molecule has 0 bridgehead atoms. The highest BCUT2D eigenvalue weighted by Crippen LogP contribution is 2.35. The van der Waals surface area contributed by atoms with Gasteiger partial charge in [-0.1, -0.05) is 17.8 Å². The van der Waals surface area contributed by atoms with Crippen LogP contribution in [0.3, 0.4) is 0 Å². The zero-order valence-corrected chi connectivity index (χ0v) is 20.9. The van der Waals surface area contributed by atoms with Gasteiger partial charge in [0.1, 0.15) is 10.8 Å². The van der Waals surface area contributed by atoms with Crippen molar-refractivity contribution in [2.24, 2.45) is 0 Å². The molecule has 4 aromatic rings. The first kappa shape index (κ1) is 23.7. The van der Waals surface area contributed by atoms with Gasteiger partial charge in [0.2, 0.25) is 5.91 Å². The summed E-state index contributed by atoms with van der Waals surface area (Å²) in [7, 11) is 1.63. The van der Waals surface area contributed by atoms with Crippen molar-refractivity contribution in [2.45, 2.75) is 25.9 Å². The van der Waals surface area contributed by atoms with Crippen LogP contribution >= 0.6 is 23.1 Å². The molecule has 34 heavy (non-hydrogen) atoms. The number of benzene rings is 2. The van der Waals surface area contributed by atoms with Crippen molar-refractivity contribution in [3.8, 4) is 26.9 Å². The van der Waals surface area contributed by atoms with E-state index in [0.29, 0.717) is 10.9 Å². The van der Waals surface area contributed by atoms with Crippen molar-refractivity contribution >= 4 is 34.7 Å². The lowest BCUT2D eigenvalue weighted by Gasteiger charge is -2.08. The molecule has 0 saturated carbocycles. The Morgan fingerprint density at radius 1 is 1.06 bits per heavy atom. The highest BCUT2D eigenvalue weighted by atomic mass is 32.2. The molecule has 0 atom stereocenters. The van der Waals surface area contributed by atoms with Crippen molar-refractivity contribution in [3.63, 3.8) is 0 Å². The third-order valence-electron chi connectivity index (χ3n) is 5.22. The van der Waals surface area contributed by atoms with E-state index < -0.39 is 0 Å². The summed E-state index contributed by atoms with van der Waals surface area (Å²) in [4.78, 5) is 37.5. The van der Waals surface area contributed by atoms with E-state index >= 15 is 0 Å². The standard InChI is InChI=1S/C25H24N4O3S2/c1-14-5-8-18(11-15(14)2)27-22(31)13-33-25-28-20(12-21(30)29-25)23-16(3)26-24(34-23)17-6-9-19(32-4)10-7-17/h5-12H,13H2,1-4H3,(H,27,31)(H,28,29,30). The van der Waals surface area contributed by atoms with Crippen molar-refractivity contribution in [1.82, 2.24) is 15.0 Å². The number of nitrogens with zero attached hydrogens (tertiary/aromatic N) is 2. The lowest BCUT2D eigenvalue weighted by molar-refractivity contribution is -0.113. The Morgan fingerprint density at radius 2 is 1.82 bits per heavy atom. The SMILES string of the molecule is COc1ccc(-c2nc(C)c(-c3cc(=O)[nH]c(SCC(=O)Nc4ccc(C)c(C)c4)n3)s2)cc1. The first-order valence-electron chi connectivity index (χ1n) is 10.6. The highest BCUT2D eigenvalue weighted by Gasteiger charge is 2.15. The Labute approximate surface area is 205 Å². The van der Waals surface area contributed by atoms with Gasteiger partial charge in [-0.3, -0.25) is 9.59 Å². The number of nitrogens with one attached hydrogen (secondary N) is 2. The number of aromatic amines is 1. The largest absolute Gasteiger partial charge is 0.497 e. The number of ether oxygens (including phenoxy) is 1. The molecule has 4 rings (SSSR count). The highest BCUT2D eigenvalue weighted by molar-refractivity contribution is 7.99. The van der Waals surface area contributed by atoms with E-state index in [0.717, 1.165) is 38.1 Å². The van der Waals surface area contributed by atoms with E-state index in [1.807, 2.05) is 63.2 Å². The van der Waals surface area contributed by atoms with Gasteiger partial charge < -0.3 is 15.0 Å². The van der Waals surface area contributed by atoms with Crippen molar-refractivity contribution in [3.05, 3.63) is 75.7 Å². The van der Waals surface area contributed by atoms with Gasteiger partial charge in [0.15, 0.2) is 5.16 Å². The topological polar surface area (TPSA) is 97.0 Å². The van der Waals surface area contributed by atoms with Crippen molar-refractivity contribution in [2.75, 3.05) is 18.2 Å². The van der Waals surface area contributed by atoms with Crippen molar-refractivity contribution < 1.29 is 9.53 Å². The maximum Gasteiger partial charge on any atom is 0.252 e. The minimum atomic E-state index is -0.277.